The molecule has 2 aromatic carbocycles. The zero-order valence-electron chi connectivity index (χ0n) is 19.3. The molecular weight excluding hydrogens is 464 g/mol. The molecule has 0 aromatic heterocycles. The SMILES string of the molecule is COC(=O)c1c(OC)cc2cc3c(c(O)c2c1C)C(=O)C1(OC)C(=O)C=C(OC)C(=O)C1(O)C3=O. The van der Waals surface area contributed by atoms with Crippen LogP contribution in [0.2, 0.25) is 0 Å². The van der Waals surface area contributed by atoms with Crippen LogP contribution in [-0.2, 0) is 23.8 Å². The Kier molecular flexibility index (Phi) is 5.30. The molecule has 0 bridgehead atoms. The van der Waals surface area contributed by atoms with Crippen LogP contribution in [0.15, 0.2) is 24.0 Å². The van der Waals surface area contributed by atoms with Crippen LogP contribution in [0.25, 0.3) is 10.8 Å². The Labute approximate surface area is 197 Å². The third kappa shape index (κ3) is 2.64. The van der Waals surface area contributed by atoms with Gasteiger partial charge in [-0.2, -0.15) is 0 Å². The molecule has 2 aliphatic carbocycles. The Balaban J connectivity index is 2.16. The molecule has 0 radical (unpaired) electrons. The number of benzene rings is 2. The fourth-order valence-corrected chi connectivity index (χ4v) is 4.85. The fraction of sp³-hybridized carbons (Fsp3) is 0.292. The third-order valence-electron chi connectivity index (χ3n) is 6.54. The van der Waals surface area contributed by atoms with Gasteiger partial charge in [-0.3, -0.25) is 19.2 Å². The third-order valence-corrected chi connectivity index (χ3v) is 6.54. The topological polar surface area (TPSA) is 163 Å². The highest BCUT2D eigenvalue weighted by Gasteiger charge is 2.74. The van der Waals surface area contributed by atoms with Crippen molar-refractivity contribution in [3.63, 3.8) is 0 Å². The number of aromatic hydroxyl groups is 1. The van der Waals surface area contributed by atoms with Gasteiger partial charge in [0.05, 0.1) is 26.9 Å². The maximum atomic E-state index is 13.7. The van der Waals surface area contributed by atoms with Gasteiger partial charge in [0.15, 0.2) is 5.76 Å². The largest absolute Gasteiger partial charge is 0.507 e. The van der Waals surface area contributed by atoms with Gasteiger partial charge in [-0.1, -0.05) is 0 Å². The van der Waals surface area contributed by atoms with E-state index in [1.807, 2.05) is 0 Å². The summed E-state index contributed by atoms with van der Waals surface area (Å²) in [6.45, 7) is 1.46. The molecule has 4 rings (SSSR count). The quantitative estimate of drug-likeness (QED) is 0.467. The molecule has 0 heterocycles. The number of rotatable bonds is 4. The Morgan fingerprint density at radius 3 is 2.14 bits per heavy atom. The second-order valence-electron chi connectivity index (χ2n) is 7.98. The van der Waals surface area contributed by atoms with E-state index in [1.54, 1.807) is 0 Å². The summed E-state index contributed by atoms with van der Waals surface area (Å²) in [5.41, 5.74) is -7.33. The van der Waals surface area contributed by atoms with Crippen LogP contribution in [0.4, 0.5) is 0 Å². The number of phenols is 1. The predicted octanol–water partition coefficient (Wildman–Crippen LogP) is 0.826. The Bertz CT molecular complexity index is 1420. The number of methoxy groups -OCH3 is 4. The standard InChI is InChI=1S/C24H20O11/c1-9-15-10(7-12(32-2)16(9)22(30)34-4)6-11-17(18(15)26)21(29)24(35-5)14(25)8-13(33-3)20(28)23(24,31)19(11)27/h6-8,26,31H,1-5H3. The van der Waals surface area contributed by atoms with Gasteiger partial charge in [0.25, 0.3) is 0 Å². The average Bonchev–Trinajstić information content (AvgIpc) is 2.84. The first-order valence-electron chi connectivity index (χ1n) is 10.1. The van der Waals surface area contributed by atoms with Gasteiger partial charge < -0.3 is 29.2 Å². The van der Waals surface area contributed by atoms with Gasteiger partial charge in [-0.05, 0) is 30.0 Å². The van der Waals surface area contributed by atoms with Gasteiger partial charge in [0, 0.05) is 24.1 Å². The van der Waals surface area contributed by atoms with E-state index in [2.05, 4.69) is 0 Å². The van der Waals surface area contributed by atoms with Gasteiger partial charge in [-0.15, -0.1) is 0 Å². The van der Waals surface area contributed by atoms with Crippen LogP contribution in [-0.4, -0.2) is 79.0 Å². The molecule has 0 spiro atoms. The second-order valence-corrected chi connectivity index (χ2v) is 7.98. The highest BCUT2D eigenvalue weighted by molar-refractivity contribution is 6.43. The number of aryl methyl sites for hydroxylation is 1. The Hall–Kier alpha value is -4.09. The van der Waals surface area contributed by atoms with Crippen LogP contribution in [0.5, 0.6) is 11.5 Å². The van der Waals surface area contributed by atoms with E-state index >= 15 is 0 Å². The number of phenolic OH excluding ortho intramolecular Hbond substituents is 1. The minimum absolute atomic E-state index is 0.00880. The summed E-state index contributed by atoms with van der Waals surface area (Å²) in [5, 5.41) is 22.7. The van der Waals surface area contributed by atoms with E-state index < -0.39 is 62.9 Å². The molecule has 2 atom stereocenters. The zero-order valence-corrected chi connectivity index (χ0v) is 19.3. The number of carbonyl (C=O) groups is 5. The molecule has 11 heteroatoms. The normalized spacial score (nSPS) is 23.5. The van der Waals surface area contributed by atoms with Gasteiger partial charge >= 0.3 is 5.97 Å². The number of ketones is 4. The summed E-state index contributed by atoms with van der Waals surface area (Å²) in [7, 11) is 4.37. The molecule has 2 unspecified atom stereocenters. The van der Waals surface area contributed by atoms with E-state index in [-0.39, 0.29) is 27.6 Å². The van der Waals surface area contributed by atoms with Crippen molar-refractivity contribution in [1.82, 2.24) is 0 Å². The number of fused-ring (bicyclic) bond motifs is 3. The molecule has 0 amide bonds. The maximum Gasteiger partial charge on any atom is 0.341 e. The Morgan fingerprint density at radius 1 is 0.943 bits per heavy atom. The predicted molar refractivity (Wildman–Crippen MR) is 117 cm³/mol. The van der Waals surface area contributed by atoms with Crippen molar-refractivity contribution in [1.29, 1.82) is 0 Å². The minimum Gasteiger partial charge on any atom is -0.507 e. The molecular formula is C24H20O11. The summed E-state index contributed by atoms with van der Waals surface area (Å²) in [6.07, 6.45) is 0.653. The number of esters is 1. The minimum atomic E-state index is -3.28. The van der Waals surface area contributed by atoms with Crippen molar-refractivity contribution in [2.75, 3.05) is 28.4 Å². The summed E-state index contributed by atoms with van der Waals surface area (Å²) in [4.78, 5) is 65.8. The first kappa shape index (κ1) is 24.0. The van der Waals surface area contributed by atoms with Crippen molar-refractivity contribution < 1.29 is 53.1 Å². The molecule has 182 valence electrons. The van der Waals surface area contributed by atoms with Crippen molar-refractivity contribution in [2.45, 2.75) is 18.1 Å². The highest BCUT2D eigenvalue weighted by atomic mass is 16.5. The lowest BCUT2D eigenvalue weighted by Crippen LogP contribution is -2.76. The number of carbonyl (C=O) groups excluding carboxylic acids is 5. The molecule has 0 fully saturated rings. The van der Waals surface area contributed by atoms with E-state index in [4.69, 9.17) is 18.9 Å². The first-order valence-corrected chi connectivity index (χ1v) is 10.1. The van der Waals surface area contributed by atoms with Gasteiger partial charge in [-0.25, -0.2) is 4.79 Å². The van der Waals surface area contributed by atoms with Crippen molar-refractivity contribution in [3.05, 3.63) is 46.2 Å². The van der Waals surface area contributed by atoms with Crippen LogP contribution >= 0.6 is 0 Å². The fourth-order valence-electron chi connectivity index (χ4n) is 4.85. The molecule has 2 aliphatic rings. The van der Waals surface area contributed by atoms with E-state index in [0.717, 1.165) is 27.4 Å². The maximum absolute atomic E-state index is 13.7. The lowest BCUT2D eigenvalue weighted by atomic mass is 9.60. The molecule has 0 aliphatic heterocycles. The van der Waals surface area contributed by atoms with Crippen molar-refractivity contribution >= 4 is 39.9 Å². The summed E-state index contributed by atoms with van der Waals surface area (Å²) in [6, 6.07) is 2.48. The van der Waals surface area contributed by atoms with Gasteiger partial charge in [0.1, 0.15) is 17.1 Å². The number of hydrogen-bond acceptors (Lipinski definition) is 11. The lowest BCUT2D eigenvalue weighted by Gasteiger charge is -2.46. The molecule has 11 nitrogen and oxygen atoms in total. The first-order chi connectivity index (χ1) is 16.5. The smallest absolute Gasteiger partial charge is 0.341 e. The van der Waals surface area contributed by atoms with E-state index in [0.29, 0.717) is 6.08 Å². The van der Waals surface area contributed by atoms with Crippen LogP contribution < -0.4 is 4.74 Å². The number of Topliss-reactive ketones (excluding diaryl/α,β-unsaturated/α-hetero) is 3. The Morgan fingerprint density at radius 2 is 1.60 bits per heavy atom. The average molecular weight is 484 g/mol. The lowest BCUT2D eigenvalue weighted by molar-refractivity contribution is -0.168. The summed E-state index contributed by atoms with van der Waals surface area (Å²) in [5.74, 6) is -7.34. The second kappa shape index (κ2) is 7.72. The number of aliphatic hydroxyl groups is 1. The van der Waals surface area contributed by atoms with Crippen LogP contribution in [0.3, 0.4) is 0 Å². The van der Waals surface area contributed by atoms with E-state index in [1.165, 1.54) is 20.1 Å². The zero-order chi connectivity index (χ0) is 26.0. The number of hydrogen-bond donors (Lipinski definition) is 2. The van der Waals surface area contributed by atoms with Crippen LogP contribution in [0, 0.1) is 6.92 Å². The molecule has 0 saturated heterocycles. The molecule has 0 saturated carbocycles. The van der Waals surface area contributed by atoms with Crippen molar-refractivity contribution in [2.24, 2.45) is 0 Å². The van der Waals surface area contributed by atoms with Crippen LogP contribution in [0.1, 0.15) is 36.6 Å². The number of ether oxygens (including phenoxy) is 4. The summed E-state index contributed by atoms with van der Waals surface area (Å²) >= 11 is 0. The molecule has 2 N–H and O–H groups in total. The van der Waals surface area contributed by atoms with Gasteiger partial charge in [0.2, 0.25) is 34.3 Å². The molecule has 35 heavy (non-hydrogen) atoms. The monoisotopic (exact) mass is 484 g/mol. The summed E-state index contributed by atoms with van der Waals surface area (Å²) < 4.78 is 20.0. The van der Waals surface area contributed by atoms with E-state index in [9.17, 15) is 34.2 Å². The highest BCUT2D eigenvalue weighted by Crippen LogP contribution is 2.49. The molecule has 2 aromatic rings. The van der Waals surface area contributed by atoms with Crippen molar-refractivity contribution in [3.8, 4) is 11.5 Å².